The van der Waals surface area contributed by atoms with Crippen molar-refractivity contribution in [3.8, 4) is 0 Å². The number of pyridine rings is 1. The van der Waals surface area contributed by atoms with Crippen molar-refractivity contribution in [3.05, 3.63) is 58.6 Å². The van der Waals surface area contributed by atoms with Crippen molar-refractivity contribution in [3.63, 3.8) is 0 Å². The van der Waals surface area contributed by atoms with Crippen LogP contribution in [0.5, 0.6) is 0 Å². The van der Waals surface area contributed by atoms with Gasteiger partial charge in [-0.05, 0) is 56.3 Å². The molecular formula is C22H28ClFN6O5S2. The summed E-state index contributed by atoms with van der Waals surface area (Å²) in [5.41, 5.74) is 2.78. The number of carbonyl (C=O) groups is 1. The fourth-order valence-electron chi connectivity index (χ4n) is 4.49. The van der Waals surface area contributed by atoms with Gasteiger partial charge in [0.1, 0.15) is 5.82 Å². The van der Waals surface area contributed by atoms with Gasteiger partial charge in [0.15, 0.2) is 0 Å². The van der Waals surface area contributed by atoms with Crippen LogP contribution < -0.4 is 15.6 Å². The second-order valence-electron chi connectivity index (χ2n) is 9.13. The number of hydrogen-bond acceptors (Lipinski definition) is 8. The number of benzene rings is 1. The average molecular weight is 575 g/mol. The summed E-state index contributed by atoms with van der Waals surface area (Å²) in [7, 11) is -7.15. The Morgan fingerprint density at radius 1 is 1.19 bits per heavy atom. The molecular weight excluding hydrogens is 547 g/mol. The van der Waals surface area contributed by atoms with Crippen LogP contribution in [0.1, 0.15) is 28.9 Å². The number of nitrogens with one attached hydrogen (secondary N) is 1. The van der Waals surface area contributed by atoms with Crippen molar-refractivity contribution in [1.82, 2.24) is 19.6 Å². The van der Waals surface area contributed by atoms with Gasteiger partial charge in [-0.2, -0.15) is 4.31 Å². The van der Waals surface area contributed by atoms with Crippen LogP contribution in [0.3, 0.4) is 0 Å². The number of hydrazine groups is 1. The van der Waals surface area contributed by atoms with Crippen LogP contribution in [0, 0.1) is 5.82 Å². The number of amides is 1. The Bertz CT molecular complexity index is 1360. The first-order valence-corrected chi connectivity index (χ1v) is 15.2. The fraction of sp³-hybridized carbons (Fsp3) is 0.455. The standard InChI is InChI=1S/C22H28ClFN6O5S2/c1-36(32,33)29-13-18(14-29)28-8-6-19(7-9-28)37(34,35)30(17-4-5-21(24)20(23)10-17)12-16-3-2-15(11-26-16)22(31)27-25/h2-5,10-11,18-19H,6-9,12-14,25H2,1H3,(H,27,31). The molecule has 37 heavy (non-hydrogen) atoms. The van der Waals surface area contributed by atoms with Gasteiger partial charge in [0.25, 0.3) is 5.91 Å². The van der Waals surface area contributed by atoms with Gasteiger partial charge < -0.3 is 0 Å². The van der Waals surface area contributed by atoms with Crippen molar-refractivity contribution < 1.29 is 26.0 Å². The molecule has 2 fully saturated rings. The van der Waals surface area contributed by atoms with E-state index in [1.165, 1.54) is 45.3 Å². The van der Waals surface area contributed by atoms with Crippen LogP contribution in [0.25, 0.3) is 0 Å². The fourth-order valence-corrected chi connectivity index (χ4v) is 7.43. The Morgan fingerprint density at radius 2 is 1.86 bits per heavy atom. The van der Waals surface area contributed by atoms with Crippen LogP contribution in [0.15, 0.2) is 36.5 Å². The zero-order valence-corrected chi connectivity index (χ0v) is 22.4. The van der Waals surface area contributed by atoms with E-state index in [-0.39, 0.29) is 28.9 Å². The topological polar surface area (TPSA) is 146 Å². The minimum Gasteiger partial charge on any atom is -0.298 e. The maximum absolute atomic E-state index is 13.8. The summed E-state index contributed by atoms with van der Waals surface area (Å²) in [5.74, 6) is 3.93. The molecule has 2 aliphatic heterocycles. The third-order valence-electron chi connectivity index (χ3n) is 6.73. The summed E-state index contributed by atoms with van der Waals surface area (Å²) < 4.78 is 67.4. The SMILES string of the molecule is CS(=O)(=O)N1CC(N2CCC(S(=O)(=O)N(Cc3ccc(C(=O)NN)cn3)c3ccc(F)c(Cl)c3)CC2)C1. The van der Waals surface area contributed by atoms with Gasteiger partial charge in [-0.3, -0.25) is 24.4 Å². The molecule has 0 bridgehead atoms. The number of aromatic nitrogens is 1. The van der Waals surface area contributed by atoms with Gasteiger partial charge in [0, 0.05) is 25.3 Å². The molecule has 3 heterocycles. The third kappa shape index (κ3) is 6.04. The van der Waals surface area contributed by atoms with Crippen molar-refractivity contribution >= 4 is 43.2 Å². The van der Waals surface area contributed by atoms with Crippen molar-refractivity contribution in [2.75, 3.05) is 36.7 Å². The van der Waals surface area contributed by atoms with Crippen LogP contribution in [0.2, 0.25) is 5.02 Å². The monoisotopic (exact) mass is 574 g/mol. The Hall–Kier alpha value is -2.36. The zero-order valence-electron chi connectivity index (χ0n) is 20.0. The normalized spacial score (nSPS) is 18.4. The lowest BCUT2D eigenvalue weighted by Crippen LogP contribution is -2.62. The van der Waals surface area contributed by atoms with E-state index >= 15 is 0 Å². The lowest BCUT2D eigenvalue weighted by molar-refractivity contribution is 0.0728. The first-order valence-electron chi connectivity index (χ1n) is 11.5. The molecule has 2 aliphatic rings. The number of rotatable bonds is 8. The molecule has 1 amide bonds. The van der Waals surface area contributed by atoms with Gasteiger partial charge in [-0.1, -0.05) is 11.6 Å². The Kier molecular flexibility index (Phi) is 8.07. The molecule has 15 heteroatoms. The highest BCUT2D eigenvalue weighted by Crippen LogP contribution is 2.31. The number of sulfonamides is 2. The second kappa shape index (κ2) is 10.8. The number of likely N-dealkylation sites (tertiary alicyclic amines) is 1. The van der Waals surface area contributed by atoms with Crippen molar-refractivity contribution in [2.45, 2.75) is 30.7 Å². The van der Waals surface area contributed by atoms with Crippen molar-refractivity contribution in [1.29, 1.82) is 0 Å². The first-order chi connectivity index (χ1) is 17.4. The van der Waals surface area contributed by atoms with Gasteiger partial charge in [0.2, 0.25) is 20.0 Å². The summed E-state index contributed by atoms with van der Waals surface area (Å²) >= 11 is 5.97. The second-order valence-corrected chi connectivity index (χ2v) is 13.7. The Balaban J connectivity index is 1.52. The minimum absolute atomic E-state index is 0.0684. The molecule has 2 aromatic rings. The third-order valence-corrected chi connectivity index (χ3v) is 10.5. The number of anilines is 1. The van der Waals surface area contributed by atoms with Crippen LogP contribution in [0.4, 0.5) is 10.1 Å². The number of halogens is 2. The minimum atomic E-state index is -3.93. The molecule has 0 unspecified atom stereocenters. The van der Waals surface area contributed by atoms with Crippen molar-refractivity contribution in [2.24, 2.45) is 5.84 Å². The number of nitrogen functional groups attached to an aromatic ring is 1. The Labute approximate surface area is 220 Å². The van der Waals surface area contributed by atoms with E-state index in [9.17, 15) is 26.0 Å². The van der Waals surface area contributed by atoms with Gasteiger partial charge in [-0.15, -0.1) is 0 Å². The van der Waals surface area contributed by atoms with Gasteiger partial charge >= 0.3 is 0 Å². The molecule has 11 nitrogen and oxygen atoms in total. The summed E-state index contributed by atoms with van der Waals surface area (Å²) in [6, 6.07) is 6.77. The maximum atomic E-state index is 13.8. The Morgan fingerprint density at radius 3 is 2.41 bits per heavy atom. The highest BCUT2D eigenvalue weighted by Gasteiger charge is 2.41. The first kappa shape index (κ1) is 27.7. The number of hydrogen-bond donors (Lipinski definition) is 2. The molecule has 0 aliphatic carbocycles. The van der Waals surface area contributed by atoms with E-state index in [4.69, 9.17) is 17.4 Å². The number of piperidine rings is 1. The van der Waals surface area contributed by atoms with Crippen LogP contribution in [-0.2, 0) is 26.6 Å². The van der Waals surface area contributed by atoms with Crippen LogP contribution >= 0.6 is 11.6 Å². The van der Waals surface area contributed by atoms with E-state index < -0.39 is 37.0 Å². The molecule has 1 aromatic carbocycles. The van der Waals surface area contributed by atoms with Gasteiger partial charge in [0.05, 0.1) is 40.0 Å². The van der Waals surface area contributed by atoms with Crippen LogP contribution in [-0.4, -0.2) is 80.7 Å². The maximum Gasteiger partial charge on any atom is 0.266 e. The molecule has 2 saturated heterocycles. The largest absolute Gasteiger partial charge is 0.298 e. The van der Waals surface area contributed by atoms with E-state index in [0.717, 1.165) is 6.07 Å². The predicted octanol–water partition coefficient (Wildman–Crippen LogP) is 0.922. The number of carbonyl (C=O) groups excluding carboxylic acids is 1. The highest BCUT2D eigenvalue weighted by molar-refractivity contribution is 7.93. The lowest BCUT2D eigenvalue weighted by Gasteiger charge is -2.46. The molecule has 202 valence electrons. The molecule has 3 N–H and O–H groups in total. The highest BCUT2D eigenvalue weighted by atomic mass is 35.5. The van der Waals surface area contributed by atoms with E-state index in [2.05, 4.69) is 9.88 Å². The molecule has 0 spiro atoms. The summed E-state index contributed by atoms with van der Waals surface area (Å²) in [6.07, 6.45) is 3.17. The van der Waals surface area contributed by atoms with E-state index in [1.54, 1.807) is 0 Å². The summed E-state index contributed by atoms with van der Waals surface area (Å²) in [4.78, 5) is 18.0. The molecule has 0 radical (unpaired) electrons. The molecule has 0 saturated carbocycles. The molecule has 1 aromatic heterocycles. The zero-order chi connectivity index (χ0) is 27.0. The molecule has 0 atom stereocenters. The quantitative estimate of drug-likeness (QED) is 0.269. The van der Waals surface area contributed by atoms with Gasteiger partial charge in [-0.25, -0.2) is 27.1 Å². The summed E-state index contributed by atoms with van der Waals surface area (Å²) in [6.45, 7) is 1.66. The number of nitrogens with two attached hydrogens (primary N) is 1. The summed E-state index contributed by atoms with van der Waals surface area (Å²) in [5, 5.41) is -0.920. The van der Waals surface area contributed by atoms with E-state index in [1.807, 2.05) is 5.43 Å². The van der Waals surface area contributed by atoms with E-state index in [0.29, 0.717) is 44.7 Å². The smallest absolute Gasteiger partial charge is 0.266 e. The molecule has 4 rings (SSSR count). The average Bonchev–Trinajstić information content (AvgIpc) is 2.82. The lowest BCUT2D eigenvalue weighted by atomic mass is 10.0. The number of nitrogens with zero attached hydrogens (tertiary/aromatic N) is 4. The predicted molar refractivity (Wildman–Crippen MR) is 137 cm³/mol.